The van der Waals surface area contributed by atoms with Gasteiger partial charge in [-0.25, -0.2) is 0 Å². The van der Waals surface area contributed by atoms with Crippen molar-refractivity contribution in [1.29, 1.82) is 0 Å². The second-order valence-electron chi connectivity index (χ2n) is 4.10. The van der Waals surface area contributed by atoms with E-state index in [1.807, 2.05) is 37.3 Å². The topological polar surface area (TPSA) is 60.2 Å². The Hall–Kier alpha value is -1.03. The number of primary amides is 1. The molecular formula is C14H15NO2SSe. The third kappa shape index (κ3) is 3.30. The Bertz CT molecular complexity index is 528. The van der Waals surface area contributed by atoms with Gasteiger partial charge < -0.3 is 0 Å². The maximum absolute atomic E-state index is 12.1. The van der Waals surface area contributed by atoms with Crippen molar-refractivity contribution in [3.8, 4) is 0 Å². The quantitative estimate of drug-likeness (QED) is 0.672. The number of thioether (sulfide) groups is 1. The summed E-state index contributed by atoms with van der Waals surface area (Å²) < 4.78 is 0.910. The zero-order valence-corrected chi connectivity index (χ0v) is 13.1. The van der Waals surface area contributed by atoms with Crippen molar-refractivity contribution in [1.82, 2.24) is 0 Å². The summed E-state index contributed by atoms with van der Waals surface area (Å²) in [5.74, 6) is 0.169. The second kappa shape index (κ2) is 6.42. The summed E-state index contributed by atoms with van der Waals surface area (Å²) in [6.07, 6.45) is 0.399. The molecule has 1 unspecified atom stereocenters. The first-order valence-electron chi connectivity index (χ1n) is 6.05. The zero-order chi connectivity index (χ0) is 13.8. The van der Waals surface area contributed by atoms with Crippen molar-refractivity contribution >= 4 is 38.4 Å². The molecule has 0 saturated heterocycles. The third-order valence-corrected chi connectivity index (χ3v) is 7.19. The van der Waals surface area contributed by atoms with Gasteiger partial charge in [-0.05, 0) is 0 Å². The maximum atomic E-state index is 12.1. The molecule has 0 spiro atoms. The summed E-state index contributed by atoms with van der Waals surface area (Å²) in [6, 6.07) is 10.0. The Labute approximate surface area is 123 Å². The average Bonchev–Trinajstić information content (AvgIpc) is 2.39. The van der Waals surface area contributed by atoms with Crippen molar-refractivity contribution in [3.63, 3.8) is 0 Å². The first-order valence-corrected chi connectivity index (χ1v) is 8.88. The Balaban J connectivity index is 2.32. The monoisotopic (exact) mass is 341 g/mol. The van der Waals surface area contributed by atoms with Crippen molar-refractivity contribution in [2.75, 3.05) is 5.75 Å². The summed E-state index contributed by atoms with van der Waals surface area (Å²) in [4.78, 5) is 23.8. The molecule has 1 aliphatic heterocycles. The molecule has 3 nitrogen and oxygen atoms in total. The third-order valence-electron chi connectivity index (χ3n) is 2.80. The van der Waals surface area contributed by atoms with Gasteiger partial charge in [-0.1, -0.05) is 0 Å². The number of nitrogens with two attached hydrogens (primary N) is 1. The molecule has 0 bridgehead atoms. The Kier molecular flexibility index (Phi) is 4.86. The molecule has 100 valence electrons. The first kappa shape index (κ1) is 14.4. The van der Waals surface area contributed by atoms with Gasteiger partial charge in [0.1, 0.15) is 0 Å². The van der Waals surface area contributed by atoms with Crippen LogP contribution in [0.25, 0.3) is 0 Å². The number of carbonyl (C=O) groups is 2. The molecule has 2 N–H and O–H groups in total. The molecule has 1 amide bonds. The van der Waals surface area contributed by atoms with E-state index in [4.69, 9.17) is 5.73 Å². The van der Waals surface area contributed by atoms with Crippen LogP contribution in [0.3, 0.4) is 0 Å². The fraction of sp³-hybridized carbons (Fsp3) is 0.286. The Morgan fingerprint density at radius 2 is 2.11 bits per heavy atom. The van der Waals surface area contributed by atoms with Gasteiger partial charge in [0.05, 0.1) is 0 Å². The van der Waals surface area contributed by atoms with Crippen LogP contribution in [0.15, 0.2) is 39.7 Å². The van der Waals surface area contributed by atoms with Crippen LogP contribution in [0, 0.1) is 0 Å². The van der Waals surface area contributed by atoms with E-state index in [0.29, 0.717) is 6.42 Å². The van der Waals surface area contributed by atoms with Gasteiger partial charge in [0.15, 0.2) is 0 Å². The van der Waals surface area contributed by atoms with Gasteiger partial charge in [0, 0.05) is 0 Å². The van der Waals surface area contributed by atoms with E-state index in [1.165, 1.54) is 5.56 Å². The molecule has 1 aliphatic rings. The van der Waals surface area contributed by atoms with Crippen LogP contribution in [0.2, 0.25) is 0 Å². The van der Waals surface area contributed by atoms with Crippen LogP contribution in [0.1, 0.15) is 23.7 Å². The molecule has 1 heterocycles. The van der Waals surface area contributed by atoms with Crippen LogP contribution in [0.4, 0.5) is 0 Å². The summed E-state index contributed by atoms with van der Waals surface area (Å²) in [5, 5.41) is 0. The number of carbonyl (C=O) groups excluding carboxylic acids is 2. The fourth-order valence-electron chi connectivity index (χ4n) is 1.94. The molecule has 0 aliphatic carbocycles. The number of hydrogen-bond donors (Lipinski definition) is 1. The van der Waals surface area contributed by atoms with E-state index >= 15 is 0 Å². The molecular weight excluding hydrogens is 325 g/mol. The SMILES string of the molecule is CCSC1=C(C(N)=O)C(=O)CC(c2ccccc2)[Se]1. The first-order chi connectivity index (χ1) is 9.13. The number of ketones is 1. The van der Waals surface area contributed by atoms with E-state index in [-0.39, 0.29) is 31.1 Å². The normalized spacial score (nSPS) is 19.6. The molecule has 5 heteroatoms. The van der Waals surface area contributed by atoms with E-state index in [0.717, 1.165) is 9.56 Å². The molecule has 1 atom stereocenters. The number of hydrogen-bond acceptors (Lipinski definition) is 3. The molecule has 0 radical (unpaired) electrons. The van der Waals surface area contributed by atoms with E-state index in [2.05, 4.69) is 0 Å². The van der Waals surface area contributed by atoms with E-state index < -0.39 is 5.91 Å². The van der Waals surface area contributed by atoms with Gasteiger partial charge in [0.25, 0.3) is 0 Å². The molecule has 19 heavy (non-hydrogen) atoms. The van der Waals surface area contributed by atoms with Crippen LogP contribution < -0.4 is 5.73 Å². The molecule has 1 aromatic rings. The zero-order valence-electron chi connectivity index (χ0n) is 10.6. The Morgan fingerprint density at radius 1 is 1.42 bits per heavy atom. The van der Waals surface area contributed by atoms with Gasteiger partial charge in [-0.3, -0.25) is 0 Å². The predicted molar refractivity (Wildman–Crippen MR) is 78.9 cm³/mol. The molecule has 2 rings (SSSR count). The van der Waals surface area contributed by atoms with Crippen LogP contribution in [-0.2, 0) is 9.59 Å². The van der Waals surface area contributed by atoms with Gasteiger partial charge in [-0.15, -0.1) is 0 Å². The number of Topliss-reactive ketones (excluding diaryl/α,β-unsaturated/α-hetero) is 1. The summed E-state index contributed by atoms with van der Waals surface area (Å²) in [7, 11) is 0. The number of amides is 1. The second-order valence-corrected chi connectivity index (χ2v) is 8.51. The van der Waals surface area contributed by atoms with Crippen molar-refractivity contribution in [2.24, 2.45) is 5.73 Å². The average molecular weight is 340 g/mol. The summed E-state index contributed by atoms with van der Waals surface area (Å²) in [6.45, 7) is 2.02. The van der Waals surface area contributed by atoms with Crippen molar-refractivity contribution in [2.45, 2.75) is 18.2 Å². The summed E-state index contributed by atoms with van der Waals surface area (Å²) in [5.41, 5.74) is 6.77. The van der Waals surface area contributed by atoms with Crippen molar-refractivity contribution in [3.05, 3.63) is 45.3 Å². The standard InChI is InChI=1S/C14H15NO2SSe/c1-2-18-14-12(13(15)17)10(16)8-11(19-14)9-6-4-3-5-7-9/h3-7,11H,2,8H2,1H3,(H2,15,17). The van der Waals surface area contributed by atoms with Crippen molar-refractivity contribution < 1.29 is 9.59 Å². The van der Waals surface area contributed by atoms with E-state index in [9.17, 15) is 9.59 Å². The molecule has 0 aromatic heterocycles. The van der Waals surface area contributed by atoms with E-state index in [1.54, 1.807) is 11.8 Å². The van der Waals surface area contributed by atoms with Gasteiger partial charge >= 0.3 is 123 Å². The fourth-order valence-corrected chi connectivity index (χ4v) is 6.75. The minimum absolute atomic E-state index is 0.0975. The molecule has 0 fully saturated rings. The summed E-state index contributed by atoms with van der Waals surface area (Å²) >= 11 is 1.67. The van der Waals surface area contributed by atoms with Gasteiger partial charge in [-0.2, -0.15) is 0 Å². The Morgan fingerprint density at radius 3 is 2.68 bits per heavy atom. The molecule has 0 saturated carbocycles. The van der Waals surface area contributed by atoms with Crippen LogP contribution in [0.5, 0.6) is 0 Å². The molecule has 1 aromatic carbocycles. The number of rotatable bonds is 4. The predicted octanol–water partition coefficient (Wildman–Crippen LogP) is 1.85. The minimum atomic E-state index is -0.575. The van der Waals surface area contributed by atoms with Crippen LogP contribution in [-0.4, -0.2) is 32.4 Å². The number of benzene rings is 1. The van der Waals surface area contributed by atoms with Gasteiger partial charge in [0.2, 0.25) is 0 Å². The van der Waals surface area contributed by atoms with Crippen LogP contribution >= 0.6 is 11.8 Å².